The van der Waals surface area contributed by atoms with Gasteiger partial charge in [0.25, 0.3) is 0 Å². The molecule has 2 aromatic rings. The molecule has 0 radical (unpaired) electrons. The molecule has 0 bridgehead atoms. The molecule has 0 unspecified atom stereocenters. The van der Waals surface area contributed by atoms with Crippen LogP contribution in [0.25, 0.3) is 0 Å². The number of benzene rings is 2. The maximum absolute atomic E-state index is 13.7. The van der Waals surface area contributed by atoms with Crippen molar-refractivity contribution in [1.82, 2.24) is 10.2 Å². The Hall–Kier alpha value is -3.27. The number of nitrogens with one attached hydrogen (secondary N) is 1. The van der Waals surface area contributed by atoms with E-state index in [0.717, 1.165) is 21.7 Å². The maximum atomic E-state index is 13.7. The van der Waals surface area contributed by atoms with Gasteiger partial charge in [-0.15, -0.1) is 0 Å². The molecule has 2 rings (SSSR count). The van der Waals surface area contributed by atoms with E-state index in [4.69, 9.17) is 9.47 Å². The summed E-state index contributed by atoms with van der Waals surface area (Å²) in [4.78, 5) is 28.0. The number of carbonyl (C=O) groups excluding carboxylic acids is 2. The summed E-state index contributed by atoms with van der Waals surface area (Å²) >= 11 is 0. The van der Waals surface area contributed by atoms with E-state index in [1.165, 1.54) is 12.0 Å². The zero-order chi connectivity index (χ0) is 27.0. The topological polar surface area (TPSA) is 105 Å². The third-order valence-electron chi connectivity index (χ3n) is 5.62. The molecule has 0 aliphatic carbocycles. The monoisotopic (exact) mass is 519 g/mol. The fourth-order valence-electron chi connectivity index (χ4n) is 3.59. The van der Waals surface area contributed by atoms with Crippen LogP contribution >= 0.6 is 0 Å². The van der Waals surface area contributed by atoms with Gasteiger partial charge >= 0.3 is 0 Å². The average Bonchev–Trinajstić information content (AvgIpc) is 2.83. The second-order valence-electron chi connectivity index (χ2n) is 9.13. The van der Waals surface area contributed by atoms with Crippen molar-refractivity contribution in [1.29, 1.82) is 0 Å². The van der Waals surface area contributed by atoms with Crippen LogP contribution in [-0.2, 0) is 26.2 Å². The van der Waals surface area contributed by atoms with E-state index < -0.39 is 28.5 Å². The van der Waals surface area contributed by atoms with Crippen molar-refractivity contribution in [3.05, 3.63) is 53.6 Å². The van der Waals surface area contributed by atoms with Gasteiger partial charge in [-0.25, -0.2) is 8.42 Å². The SMILES string of the molecule is COc1cccc(CN(C(=O)CN(c2cc(C)ccc2OC)S(C)(=O)=O)[C@@H](C)C(=O)NCC(C)C)c1. The largest absolute Gasteiger partial charge is 0.497 e. The number of aryl methyl sites for hydroxylation is 1. The molecule has 36 heavy (non-hydrogen) atoms. The van der Waals surface area contributed by atoms with Gasteiger partial charge in [0.2, 0.25) is 21.8 Å². The summed E-state index contributed by atoms with van der Waals surface area (Å²) in [6, 6.07) is 11.4. The first-order valence-electron chi connectivity index (χ1n) is 11.7. The van der Waals surface area contributed by atoms with Gasteiger partial charge < -0.3 is 19.7 Å². The lowest BCUT2D eigenvalue weighted by atomic mass is 10.1. The van der Waals surface area contributed by atoms with Crippen molar-refractivity contribution in [2.75, 3.05) is 37.9 Å². The van der Waals surface area contributed by atoms with Crippen molar-refractivity contribution >= 4 is 27.5 Å². The molecule has 0 aliphatic rings. The molecule has 10 heteroatoms. The summed E-state index contributed by atoms with van der Waals surface area (Å²) in [5.74, 6) is 0.316. The molecule has 0 heterocycles. The number of carbonyl (C=O) groups is 2. The van der Waals surface area contributed by atoms with Gasteiger partial charge in [-0.1, -0.05) is 32.0 Å². The molecule has 0 aliphatic heterocycles. The Morgan fingerprint density at radius 1 is 1.03 bits per heavy atom. The Balaban J connectivity index is 2.45. The number of amides is 2. The number of hydrogen-bond donors (Lipinski definition) is 1. The van der Waals surface area contributed by atoms with E-state index in [2.05, 4.69) is 5.32 Å². The molecule has 0 saturated carbocycles. The van der Waals surface area contributed by atoms with Gasteiger partial charge in [0.1, 0.15) is 24.1 Å². The molecule has 2 amide bonds. The van der Waals surface area contributed by atoms with Crippen LogP contribution in [0.5, 0.6) is 11.5 Å². The summed E-state index contributed by atoms with van der Waals surface area (Å²) in [7, 11) is -0.879. The first kappa shape index (κ1) is 29.0. The second-order valence-corrected chi connectivity index (χ2v) is 11.0. The Kier molecular flexibility index (Phi) is 10.2. The van der Waals surface area contributed by atoms with Gasteiger partial charge in [0.05, 0.1) is 26.2 Å². The lowest BCUT2D eigenvalue weighted by Crippen LogP contribution is -2.51. The fraction of sp³-hybridized carbons (Fsp3) is 0.462. The molecule has 9 nitrogen and oxygen atoms in total. The van der Waals surface area contributed by atoms with Gasteiger partial charge in [-0.2, -0.15) is 0 Å². The summed E-state index contributed by atoms with van der Waals surface area (Å²) in [5, 5.41) is 2.86. The van der Waals surface area contributed by atoms with E-state index in [-0.39, 0.29) is 24.1 Å². The predicted molar refractivity (Wildman–Crippen MR) is 141 cm³/mol. The Bertz CT molecular complexity index is 1170. The molecule has 2 aromatic carbocycles. The van der Waals surface area contributed by atoms with E-state index in [9.17, 15) is 18.0 Å². The minimum Gasteiger partial charge on any atom is -0.497 e. The molecule has 198 valence electrons. The van der Waals surface area contributed by atoms with Crippen LogP contribution in [0.3, 0.4) is 0 Å². The quantitative estimate of drug-likeness (QED) is 0.462. The number of anilines is 1. The van der Waals surface area contributed by atoms with Gasteiger partial charge in [0, 0.05) is 13.1 Å². The lowest BCUT2D eigenvalue weighted by molar-refractivity contribution is -0.139. The number of ether oxygens (including phenoxy) is 2. The van der Waals surface area contributed by atoms with Crippen molar-refractivity contribution in [3.63, 3.8) is 0 Å². The molecule has 0 fully saturated rings. The number of hydrogen-bond acceptors (Lipinski definition) is 6. The minimum atomic E-state index is -3.86. The first-order chi connectivity index (χ1) is 16.9. The first-order valence-corrected chi connectivity index (χ1v) is 13.5. The zero-order valence-electron chi connectivity index (χ0n) is 22.1. The summed E-state index contributed by atoms with van der Waals surface area (Å²) in [6.45, 7) is 7.46. The van der Waals surface area contributed by atoms with Crippen molar-refractivity contribution in [2.45, 2.75) is 40.3 Å². The van der Waals surface area contributed by atoms with Crippen molar-refractivity contribution in [3.8, 4) is 11.5 Å². The molecule has 0 aromatic heterocycles. The highest BCUT2D eigenvalue weighted by molar-refractivity contribution is 7.92. The van der Waals surface area contributed by atoms with Crippen molar-refractivity contribution < 1.29 is 27.5 Å². The molecular weight excluding hydrogens is 482 g/mol. The number of rotatable bonds is 12. The van der Waals surface area contributed by atoms with E-state index in [1.807, 2.05) is 26.8 Å². The van der Waals surface area contributed by atoms with Crippen LogP contribution in [0.1, 0.15) is 31.9 Å². The highest BCUT2D eigenvalue weighted by Crippen LogP contribution is 2.31. The van der Waals surface area contributed by atoms with E-state index in [1.54, 1.807) is 50.4 Å². The van der Waals surface area contributed by atoms with Crippen molar-refractivity contribution in [2.24, 2.45) is 5.92 Å². The Morgan fingerprint density at radius 3 is 2.31 bits per heavy atom. The fourth-order valence-corrected chi connectivity index (χ4v) is 4.44. The van der Waals surface area contributed by atoms with Gasteiger partial charge in [-0.05, 0) is 55.2 Å². The van der Waals surface area contributed by atoms with Crippen LogP contribution in [0.4, 0.5) is 5.69 Å². The molecular formula is C26H37N3O6S. The van der Waals surface area contributed by atoms with E-state index >= 15 is 0 Å². The van der Waals surface area contributed by atoms with Crippen LogP contribution < -0.4 is 19.1 Å². The third kappa shape index (κ3) is 7.87. The Morgan fingerprint density at radius 2 is 1.72 bits per heavy atom. The Labute approximate surface area is 214 Å². The second kappa shape index (κ2) is 12.6. The normalized spacial score (nSPS) is 12.1. The van der Waals surface area contributed by atoms with Crippen LogP contribution in [0.15, 0.2) is 42.5 Å². The highest BCUT2D eigenvalue weighted by Gasteiger charge is 2.31. The molecule has 0 spiro atoms. The summed E-state index contributed by atoms with van der Waals surface area (Å²) < 4.78 is 37.3. The number of nitrogens with zero attached hydrogens (tertiary/aromatic N) is 2. The number of methoxy groups -OCH3 is 2. The number of sulfonamides is 1. The molecule has 0 saturated heterocycles. The predicted octanol–water partition coefficient (Wildman–Crippen LogP) is 2.97. The average molecular weight is 520 g/mol. The maximum Gasteiger partial charge on any atom is 0.244 e. The van der Waals surface area contributed by atoms with Crippen LogP contribution in [0, 0.1) is 12.8 Å². The smallest absolute Gasteiger partial charge is 0.244 e. The third-order valence-corrected chi connectivity index (χ3v) is 6.75. The highest BCUT2D eigenvalue weighted by atomic mass is 32.2. The molecule has 1 atom stereocenters. The summed E-state index contributed by atoms with van der Waals surface area (Å²) in [6.07, 6.45) is 1.03. The van der Waals surface area contributed by atoms with E-state index in [0.29, 0.717) is 18.0 Å². The van der Waals surface area contributed by atoms with Crippen LogP contribution in [0.2, 0.25) is 0 Å². The lowest BCUT2D eigenvalue weighted by Gasteiger charge is -2.32. The minimum absolute atomic E-state index is 0.0921. The molecule has 1 N–H and O–H groups in total. The van der Waals surface area contributed by atoms with Crippen LogP contribution in [-0.4, -0.2) is 64.7 Å². The zero-order valence-corrected chi connectivity index (χ0v) is 22.9. The standard InChI is InChI=1S/C26H37N3O6S/c1-18(2)15-27-26(31)20(4)28(16-21-9-8-10-22(14-21)34-5)25(30)17-29(36(7,32)33)23-13-19(3)11-12-24(23)35-6/h8-14,18,20H,15-17H2,1-7H3,(H,27,31)/t20-/m0/s1. The van der Waals surface area contributed by atoms with Gasteiger partial charge in [0.15, 0.2) is 0 Å². The summed E-state index contributed by atoms with van der Waals surface area (Å²) in [5.41, 5.74) is 1.80. The van der Waals surface area contributed by atoms with Gasteiger partial charge in [-0.3, -0.25) is 13.9 Å².